The predicted molar refractivity (Wildman–Crippen MR) is 74.2 cm³/mol. The van der Waals surface area contributed by atoms with Crippen LogP contribution in [0.5, 0.6) is 0 Å². The Labute approximate surface area is 106 Å². The van der Waals surface area contributed by atoms with Crippen molar-refractivity contribution in [1.82, 2.24) is 0 Å². The molecule has 0 aromatic carbocycles. The van der Waals surface area contributed by atoms with Crippen LogP contribution in [0.15, 0.2) is 4.99 Å². The van der Waals surface area contributed by atoms with Crippen molar-refractivity contribution in [3.8, 4) is 0 Å². The molecular weight excluding hydrogens is 208 g/mol. The Balaban J connectivity index is 1.78. The van der Waals surface area contributed by atoms with E-state index < -0.39 is 0 Å². The summed E-state index contributed by atoms with van der Waals surface area (Å²) in [6.45, 7) is 2.29. The van der Waals surface area contributed by atoms with E-state index in [9.17, 15) is 0 Å². The zero-order valence-corrected chi connectivity index (χ0v) is 11.3. The lowest BCUT2D eigenvalue weighted by Gasteiger charge is -2.26. The fraction of sp³-hybridized carbons (Fsp3) is 0.933. The molecule has 2 nitrogen and oxygen atoms in total. The second kappa shape index (κ2) is 6.42. The number of nitrogens with two attached hydrogens (primary N) is 1. The summed E-state index contributed by atoms with van der Waals surface area (Å²) in [6, 6.07) is 0.545. The number of aliphatic imine (C=N–C) groups is 1. The van der Waals surface area contributed by atoms with E-state index in [1.165, 1.54) is 64.2 Å². The van der Waals surface area contributed by atoms with Gasteiger partial charge in [0.25, 0.3) is 0 Å². The summed E-state index contributed by atoms with van der Waals surface area (Å²) in [5.74, 6) is 2.56. The van der Waals surface area contributed by atoms with Crippen LogP contribution in [0.1, 0.15) is 71.1 Å². The highest BCUT2D eigenvalue weighted by Crippen LogP contribution is 2.30. The van der Waals surface area contributed by atoms with Crippen molar-refractivity contribution in [2.75, 3.05) is 0 Å². The molecule has 2 aliphatic carbocycles. The molecule has 2 rings (SSSR count). The van der Waals surface area contributed by atoms with Crippen LogP contribution in [-0.2, 0) is 0 Å². The summed E-state index contributed by atoms with van der Waals surface area (Å²) >= 11 is 0. The maximum atomic E-state index is 6.15. The first-order valence-corrected chi connectivity index (χ1v) is 7.62. The van der Waals surface area contributed by atoms with Crippen LogP contribution < -0.4 is 5.73 Å². The molecule has 0 spiro atoms. The number of amidine groups is 1. The Bertz CT molecular complexity index is 246. The van der Waals surface area contributed by atoms with Crippen molar-refractivity contribution in [3.63, 3.8) is 0 Å². The lowest BCUT2D eigenvalue weighted by atomic mass is 9.84. The van der Waals surface area contributed by atoms with Crippen molar-refractivity contribution in [2.24, 2.45) is 22.6 Å². The highest BCUT2D eigenvalue weighted by atomic mass is 14.9. The maximum Gasteiger partial charge on any atom is 0.0971 e. The van der Waals surface area contributed by atoms with E-state index in [0.717, 1.165) is 11.8 Å². The number of nitrogens with zero attached hydrogens (tertiary/aromatic N) is 1. The standard InChI is InChI=1S/C15H28N2/c1-2-5-12-8-10-14(11-9-12)17-15(16)13-6-3-4-7-13/h12-14H,2-11H2,1H3,(H2,16,17). The SMILES string of the molecule is CCCC1CCC(N=C(N)C2CCCC2)CC1. The normalized spacial score (nSPS) is 31.9. The minimum atomic E-state index is 0.545. The van der Waals surface area contributed by atoms with Crippen molar-refractivity contribution in [1.29, 1.82) is 0 Å². The molecule has 0 heterocycles. The Morgan fingerprint density at radius 2 is 1.71 bits per heavy atom. The van der Waals surface area contributed by atoms with E-state index >= 15 is 0 Å². The van der Waals surface area contributed by atoms with E-state index in [2.05, 4.69) is 6.92 Å². The van der Waals surface area contributed by atoms with Gasteiger partial charge < -0.3 is 5.73 Å². The van der Waals surface area contributed by atoms with Gasteiger partial charge in [0.2, 0.25) is 0 Å². The molecule has 0 radical (unpaired) electrons. The molecule has 0 unspecified atom stereocenters. The molecule has 0 bridgehead atoms. The van der Waals surface area contributed by atoms with Gasteiger partial charge in [0.15, 0.2) is 0 Å². The molecule has 0 aromatic rings. The van der Waals surface area contributed by atoms with Gasteiger partial charge in [-0.15, -0.1) is 0 Å². The van der Waals surface area contributed by atoms with Crippen molar-refractivity contribution < 1.29 is 0 Å². The van der Waals surface area contributed by atoms with Gasteiger partial charge in [-0.3, -0.25) is 4.99 Å². The molecule has 0 atom stereocenters. The fourth-order valence-corrected chi connectivity index (χ4v) is 3.51. The minimum Gasteiger partial charge on any atom is -0.387 e. The average molecular weight is 236 g/mol. The average Bonchev–Trinajstić information content (AvgIpc) is 2.86. The molecule has 0 saturated heterocycles. The topological polar surface area (TPSA) is 38.4 Å². The van der Waals surface area contributed by atoms with Gasteiger partial charge in [-0.25, -0.2) is 0 Å². The van der Waals surface area contributed by atoms with Crippen LogP contribution in [0.4, 0.5) is 0 Å². The van der Waals surface area contributed by atoms with E-state index in [4.69, 9.17) is 10.7 Å². The first-order valence-electron chi connectivity index (χ1n) is 7.62. The minimum absolute atomic E-state index is 0.545. The number of hydrogen-bond donors (Lipinski definition) is 1. The van der Waals surface area contributed by atoms with Crippen LogP contribution in [0.25, 0.3) is 0 Å². The summed E-state index contributed by atoms with van der Waals surface area (Å²) in [6.07, 6.45) is 13.3. The van der Waals surface area contributed by atoms with Crippen molar-refractivity contribution >= 4 is 5.84 Å². The van der Waals surface area contributed by atoms with Crippen LogP contribution in [0.2, 0.25) is 0 Å². The van der Waals surface area contributed by atoms with E-state index in [1.807, 2.05) is 0 Å². The molecule has 2 saturated carbocycles. The van der Waals surface area contributed by atoms with E-state index in [-0.39, 0.29) is 0 Å². The molecule has 2 fully saturated rings. The van der Waals surface area contributed by atoms with Gasteiger partial charge in [0.05, 0.1) is 11.9 Å². The lowest BCUT2D eigenvalue weighted by Crippen LogP contribution is -2.26. The third-order valence-corrected chi connectivity index (χ3v) is 4.62. The lowest BCUT2D eigenvalue weighted by molar-refractivity contribution is 0.309. The Kier molecular flexibility index (Phi) is 4.87. The number of rotatable bonds is 4. The molecule has 2 heteroatoms. The molecule has 0 aliphatic heterocycles. The zero-order chi connectivity index (χ0) is 12.1. The zero-order valence-electron chi connectivity index (χ0n) is 11.3. The molecule has 17 heavy (non-hydrogen) atoms. The van der Waals surface area contributed by atoms with Gasteiger partial charge in [0.1, 0.15) is 0 Å². The van der Waals surface area contributed by atoms with Gasteiger partial charge in [-0.05, 0) is 44.4 Å². The highest BCUT2D eigenvalue weighted by molar-refractivity contribution is 5.83. The smallest absolute Gasteiger partial charge is 0.0971 e. The molecular formula is C15H28N2. The molecule has 98 valence electrons. The monoisotopic (exact) mass is 236 g/mol. The predicted octanol–water partition coefficient (Wildman–Crippen LogP) is 3.89. The van der Waals surface area contributed by atoms with Gasteiger partial charge >= 0.3 is 0 Å². The highest BCUT2D eigenvalue weighted by Gasteiger charge is 2.23. The third-order valence-electron chi connectivity index (χ3n) is 4.62. The Hall–Kier alpha value is -0.530. The molecule has 0 amide bonds. The van der Waals surface area contributed by atoms with Crippen LogP contribution in [-0.4, -0.2) is 11.9 Å². The first kappa shape index (κ1) is 12.9. The summed E-state index contributed by atoms with van der Waals surface area (Å²) < 4.78 is 0. The molecule has 2 N–H and O–H groups in total. The Morgan fingerprint density at radius 3 is 2.29 bits per heavy atom. The number of hydrogen-bond acceptors (Lipinski definition) is 1. The van der Waals surface area contributed by atoms with Crippen LogP contribution in [0, 0.1) is 11.8 Å². The maximum absolute atomic E-state index is 6.15. The fourth-order valence-electron chi connectivity index (χ4n) is 3.51. The van der Waals surface area contributed by atoms with Gasteiger partial charge in [0, 0.05) is 5.92 Å². The third kappa shape index (κ3) is 3.72. The Morgan fingerprint density at radius 1 is 1.06 bits per heavy atom. The van der Waals surface area contributed by atoms with Crippen molar-refractivity contribution in [2.45, 2.75) is 77.2 Å². The summed E-state index contributed by atoms with van der Waals surface area (Å²) in [7, 11) is 0. The summed E-state index contributed by atoms with van der Waals surface area (Å²) in [4.78, 5) is 4.81. The first-order chi connectivity index (χ1) is 8.29. The largest absolute Gasteiger partial charge is 0.387 e. The van der Waals surface area contributed by atoms with Gasteiger partial charge in [-0.1, -0.05) is 32.6 Å². The van der Waals surface area contributed by atoms with Crippen LogP contribution >= 0.6 is 0 Å². The summed E-state index contributed by atoms with van der Waals surface area (Å²) in [5, 5.41) is 0. The van der Waals surface area contributed by atoms with Gasteiger partial charge in [-0.2, -0.15) is 0 Å². The molecule has 0 aromatic heterocycles. The van der Waals surface area contributed by atoms with E-state index in [1.54, 1.807) is 0 Å². The second-order valence-corrected chi connectivity index (χ2v) is 6.00. The quantitative estimate of drug-likeness (QED) is 0.583. The van der Waals surface area contributed by atoms with Crippen LogP contribution in [0.3, 0.4) is 0 Å². The molecule has 2 aliphatic rings. The van der Waals surface area contributed by atoms with E-state index in [0.29, 0.717) is 12.0 Å². The van der Waals surface area contributed by atoms with Crippen molar-refractivity contribution in [3.05, 3.63) is 0 Å². The summed E-state index contributed by atoms with van der Waals surface area (Å²) in [5.41, 5.74) is 6.15. The second-order valence-electron chi connectivity index (χ2n) is 6.00.